The SMILES string of the molecule is COc1cc([C@H](C)NC(=O)N2CC[C@@H](CN(C)C)C2)ccc1F. The molecule has 0 radical (unpaired) electrons. The van der Waals surface area contributed by atoms with Gasteiger partial charge in [-0.2, -0.15) is 0 Å². The van der Waals surface area contributed by atoms with Crippen LogP contribution in [-0.4, -0.2) is 56.7 Å². The highest BCUT2D eigenvalue weighted by Crippen LogP contribution is 2.23. The predicted octanol–water partition coefficient (Wildman–Crippen LogP) is 2.49. The van der Waals surface area contributed by atoms with Gasteiger partial charge in [0.2, 0.25) is 0 Å². The van der Waals surface area contributed by atoms with Crippen LogP contribution in [0, 0.1) is 11.7 Å². The van der Waals surface area contributed by atoms with Crippen LogP contribution >= 0.6 is 0 Å². The molecule has 1 aromatic carbocycles. The van der Waals surface area contributed by atoms with Crippen molar-refractivity contribution in [2.75, 3.05) is 40.8 Å². The highest BCUT2D eigenvalue weighted by atomic mass is 19.1. The van der Waals surface area contributed by atoms with E-state index in [1.54, 1.807) is 12.1 Å². The van der Waals surface area contributed by atoms with E-state index in [-0.39, 0.29) is 17.8 Å². The average Bonchev–Trinajstić information content (AvgIpc) is 2.95. The number of ether oxygens (including phenoxy) is 1. The lowest BCUT2D eigenvalue weighted by atomic mass is 10.1. The Kier molecular flexibility index (Phi) is 5.82. The zero-order valence-electron chi connectivity index (χ0n) is 14.3. The molecular weight excluding hydrogens is 297 g/mol. The third-order valence-electron chi connectivity index (χ3n) is 4.21. The quantitative estimate of drug-likeness (QED) is 0.905. The molecule has 1 heterocycles. The summed E-state index contributed by atoms with van der Waals surface area (Å²) in [6.45, 7) is 4.44. The van der Waals surface area contributed by atoms with Crippen molar-refractivity contribution in [3.8, 4) is 5.75 Å². The van der Waals surface area contributed by atoms with Crippen molar-refractivity contribution in [1.29, 1.82) is 0 Å². The molecule has 0 bridgehead atoms. The second-order valence-corrected chi connectivity index (χ2v) is 6.43. The van der Waals surface area contributed by atoms with Gasteiger partial charge in [-0.15, -0.1) is 0 Å². The number of nitrogens with zero attached hydrogens (tertiary/aromatic N) is 2. The maximum atomic E-state index is 13.5. The minimum atomic E-state index is -0.402. The summed E-state index contributed by atoms with van der Waals surface area (Å²) in [4.78, 5) is 16.4. The number of carbonyl (C=O) groups is 1. The molecule has 0 aliphatic carbocycles. The summed E-state index contributed by atoms with van der Waals surface area (Å²) in [5.74, 6) is 0.314. The Morgan fingerprint density at radius 1 is 1.52 bits per heavy atom. The minimum absolute atomic E-state index is 0.0675. The van der Waals surface area contributed by atoms with Gasteiger partial charge in [0.25, 0.3) is 0 Å². The first kappa shape index (κ1) is 17.5. The number of benzene rings is 1. The first-order valence-electron chi connectivity index (χ1n) is 7.94. The molecule has 1 saturated heterocycles. The molecule has 1 aliphatic heterocycles. The Balaban J connectivity index is 1.92. The number of hydrogen-bond donors (Lipinski definition) is 1. The molecule has 0 saturated carbocycles. The largest absolute Gasteiger partial charge is 0.494 e. The van der Waals surface area contributed by atoms with Crippen molar-refractivity contribution in [2.24, 2.45) is 5.92 Å². The maximum absolute atomic E-state index is 13.5. The van der Waals surface area contributed by atoms with Crippen molar-refractivity contribution in [1.82, 2.24) is 15.1 Å². The van der Waals surface area contributed by atoms with Crippen LogP contribution in [0.25, 0.3) is 0 Å². The van der Waals surface area contributed by atoms with Gasteiger partial charge in [-0.1, -0.05) is 6.07 Å². The molecule has 0 spiro atoms. The molecule has 6 heteroatoms. The van der Waals surface area contributed by atoms with Gasteiger partial charge in [0.15, 0.2) is 11.6 Å². The topological polar surface area (TPSA) is 44.8 Å². The van der Waals surface area contributed by atoms with Crippen molar-refractivity contribution in [3.63, 3.8) is 0 Å². The molecule has 0 unspecified atom stereocenters. The Morgan fingerprint density at radius 3 is 2.91 bits per heavy atom. The van der Waals surface area contributed by atoms with Crippen molar-refractivity contribution < 1.29 is 13.9 Å². The van der Waals surface area contributed by atoms with E-state index in [2.05, 4.69) is 10.2 Å². The van der Waals surface area contributed by atoms with E-state index >= 15 is 0 Å². The number of urea groups is 1. The van der Waals surface area contributed by atoms with E-state index in [1.807, 2.05) is 25.9 Å². The summed E-state index contributed by atoms with van der Waals surface area (Å²) in [6, 6.07) is 4.38. The third kappa shape index (κ3) is 4.58. The van der Waals surface area contributed by atoms with E-state index in [9.17, 15) is 9.18 Å². The fourth-order valence-corrected chi connectivity index (χ4v) is 2.99. The van der Waals surface area contributed by atoms with Crippen molar-refractivity contribution in [2.45, 2.75) is 19.4 Å². The third-order valence-corrected chi connectivity index (χ3v) is 4.21. The maximum Gasteiger partial charge on any atom is 0.317 e. The lowest BCUT2D eigenvalue weighted by Crippen LogP contribution is -2.40. The monoisotopic (exact) mass is 323 g/mol. The Bertz CT molecular complexity index is 551. The van der Waals surface area contributed by atoms with Crippen LogP contribution in [0.1, 0.15) is 24.9 Å². The Hall–Kier alpha value is -1.82. The van der Waals surface area contributed by atoms with Crippen LogP contribution in [0.4, 0.5) is 9.18 Å². The summed E-state index contributed by atoms with van der Waals surface area (Å²) in [5, 5.41) is 2.98. The average molecular weight is 323 g/mol. The lowest BCUT2D eigenvalue weighted by molar-refractivity contribution is 0.202. The molecule has 2 atom stereocenters. The summed E-state index contributed by atoms with van der Waals surface area (Å²) >= 11 is 0. The summed E-state index contributed by atoms with van der Waals surface area (Å²) < 4.78 is 18.5. The van der Waals surface area contributed by atoms with Gasteiger partial charge in [0, 0.05) is 19.6 Å². The van der Waals surface area contributed by atoms with E-state index in [4.69, 9.17) is 4.74 Å². The van der Waals surface area contributed by atoms with Gasteiger partial charge >= 0.3 is 6.03 Å². The van der Waals surface area contributed by atoms with Gasteiger partial charge in [0.1, 0.15) is 0 Å². The molecule has 1 aromatic rings. The number of nitrogens with one attached hydrogen (secondary N) is 1. The van der Waals surface area contributed by atoms with Crippen LogP contribution in [0.3, 0.4) is 0 Å². The Labute approximate surface area is 137 Å². The number of halogens is 1. The molecular formula is C17H26FN3O2. The van der Waals surface area contributed by atoms with Gasteiger partial charge in [-0.25, -0.2) is 9.18 Å². The number of likely N-dealkylation sites (tertiary alicyclic amines) is 1. The minimum Gasteiger partial charge on any atom is -0.494 e. The standard InChI is InChI=1S/C17H26FN3O2/c1-12(14-5-6-15(18)16(9-14)23-4)19-17(22)21-8-7-13(11-21)10-20(2)3/h5-6,9,12-13H,7-8,10-11H2,1-4H3,(H,19,22)/t12-,13-/m0/s1. The molecule has 2 amide bonds. The number of rotatable bonds is 5. The van der Waals surface area contributed by atoms with E-state index < -0.39 is 5.82 Å². The van der Waals surface area contributed by atoms with Crippen molar-refractivity contribution >= 4 is 6.03 Å². The molecule has 0 aromatic heterocycles. The van der Waals surface area contributed by atoms with Gasteiger partial charge in [-0.05, 0) is 51.1 Å². The first-order chi connectivity index (χ1) is 10.9. The highest BCUT2D eigenvalue weighted by molar-refractivity contribution is 5.75. The second kappa shape index (κ2) is 7.64. The number of amides is 2. The molecule has 2 rings (SSSR count). The Morgan fingerprint density at radius 2 is 2.26 bits per heavy atom. The van der Waals surface area contributed by atoms with Gasteiger partial charge < -0.3 is 19.9 Å². The zero-order valence-corrected chi connectivity index (χ0v) is 14.3. The predicted molar refractivity (Wildman–Crippen MR) is 88.1 cm³/mol. The van der Waals surface area contributed by atoms with Crippen LogP contribution < -0.4 is 10.1 Å². The molecule has 23 heavy (non-hydrogen) atoms. The van der Waals surface area contributed by atoms with E-state index in [0.717, 1.165) is 31.6 Å². The number of carbonyl (C=O) groups excluding carboxylic acids is 1. The fraction of sp³-hybridized carbons (Fsp3) is 0.588. The highest BCUT2D eigenvalue weighted by Gasteiger charge is 2.27. The van der Waals surface area contributed by atoms with Gasteiger partial charge in [0.05, 0.1) is 13.2 Å². The molecule has 5 nitrogen and oxygen atoms in total. The summed E-state index contributed by atoms with van der Waals surface area (Å²) in [5.41, 5.74) is 0.820. The van der Waals surface area contributed by atoms with E-state index in [1.165, 1.54) is 13.2 Å². The smallest absolute Gasteiger partial charge is 0.317 e. The van der Waals surface area contributed by atoms with Crippen molar-refractivity contribution in [3.05, 3.63) is 29.6 Å². The molecule has 1 fully saturated rings. The van der Waals surface area contributed by atoms with E-state index in [0.29, 0.717) is 5.92 Å². The van der Waals surface area contributed by atoms with Gasteiger partial charge in [-0.3, -0.25) is 0 Å². The molecule has 128 valence electrons. The van der Waals surface area contributed by atoms with Crippen LogP contribution in [-0.2, 0) is 0 Å². The molecule has 1 N–H and O–H groups in total. The number of hydrogen-bond acceptors (Lipinski definition) is 3. The summed E-state index contributed by atoms with van der Waals surface area (Å²) in [7, 11) is 5.53. The van der Waals surface area contributed by atoms with Crippen LogP contribution in [0.5, 0.6) is 5.75 Å². The number of methoxy groups -OCH3 is 1. The first-order valence-corrected chi connectivity index (χ1v) is 7.94. The lowest BCUT2D eigenvalue weighted by Gasteiger charge is -2.22. The normalized spacial score (nSPS) is 19.0. The zero-order chi connectivity index (χ0) is 17.0. The summed E-state index contributed by atoms with van der Waals surface area (Å²) in [6.07, 6.45) is 1.03. The van der Waals surface area contributed by atoms with Crippen LogP contribution in [0.2, 0.25) is 0 Å². The molecule has 1 aliphatic rings. The fourth-order valence-electron chi connectivity index (χ4n) is 2.99. The second-order valence-electron chi connectivity index (χ2n) is 6.43. The van der Waals surface area contributed by atoms with Crippen LogP contribution in [0.15, 0.2) is 18.2 Å².